The Labute approximate surface area is 113 Å². The molecule has 20 heavy (non-hydrogen) atoms. The summed E-state index contributed by atoms with van der Waals surface area (Å²) in [6, 6.07) is 3.33. The Balaban J connectivity index is 2.00. The molecule has 2 aromatic rings. The fraction of sp³-hybridized carbons (Fsp3) is 0.286. The van der Waals surface area contributed by atoms with Crippen molar-refractivity contribution in [2.45, 2.75) is 25.2 Å². The molecule has 0 radical (unpaired) electrons. The molecule has 1 aliphatic rings. The predicted octanol–water partition coefficient (Wildman–Crippen LogP) is 3.12. The third-order valence-electron chi connectivity index (χ3n) is 3.16. The van der Waals surface area contributed by atoms with Crippen LogP contribution in [0, 0.1) is 11.6 Å². The van der Waals surface area contributed by atoms with Crippen molar-refractivity contribution in [3.8, 4) is 11.5 Å². The maximum absolute atomic E-state index is 13.2. The highest BCUT2D eigenvalue weighted by Gasteiger charge is 2.32. The van der Waals surface area contributed by atoms with Crippen molar-refractivity contribution in [2.75, 3.05) is 0 Å². The van der Waals surface area contributed by atoms with Crippen LogP contribution in [0.4, 0.5) is 8.78 Å². The first-order chi connectivity index (χ1) is 9.54. The second-order valence-electron chi connectivity index (χ2n) is 4.80. The quantitative estimate of drug-likeness (QED) is 0.934. The smallest absolute Gasteiger partial charge is 0.309 e. The molecule has 1 aliphatic carbocycles. The second kappa shape index (κ2) is 4.70. The van der Waals surface area contributed by atoms with Crippen LogP contribution in [0.3, 0.4) is 0 Å². The van der Waals surface area contributed by atoms with Gasteiger partial charge in [0.15, 0.2) is 11.6 Å². The maximum Gasteiger partial charge on any atom is 0.309 e. The Morgan fingerprint density at radius 2 is 2.10 bits per heavy atom. The van der Waals surface area contributed by atoms with Gasteiger partial charge < -0.3 is 9.52 Å². The molecule has 6 heteroatoms. The highest BCUT2D eigenvalue weighted by molar-refractivity contribution is 5.70. The third kappa shape index (κ3) is 2.41. The van der Waals surface area contributed by atoms with Crippen LogP contribution >= 0.6 is 0 Å². The monoisotopic (exact) mass is 279 g/mol. The molecule has 1 fully saturated rings. The van der Waals surface area contributed by atoms with Crippen LogP contribution in [0.25, 0.3) is 11.5 Å². The van der Waals surface area contributed by atoms with E-state index in [1.165, 1.54) is 6.07 Å². The molecular formula is C14H11F2NO3. The first-order valence-electron chi connectivity index (χ1n) is 6.21. The van der Waals surface area contributed by atoms with Crippen molar-refractivity contribution in [1.82, 2.24) is 4.98 Å². The molecule has 104 valence electrons. The largest absolute Gasteiger partial charge is 0.481 e. The lowest BCUT2D eigenvalue weighted by atomic mass is 10.2. The number of hydrogen-bond acceptors (Lipinski definition) is 3. The molecular weight excluding hydrogens is 268 g/mol. The van der Waals surface area contributed by atoms with Crippen molar-refractivity contribution in [1.29, 1.82) is 0 Å². The number of carboxylic acids is 1. The van der Waals surface area contributed by atoms with E-state index in [2.05, 4.69) is 4.98 Å². The molecule has 0 amide bonds. The van der Waals surface area contributed by atoms with Gasteiger partial charge in [-0.25, -0.2) is 13.8 Å². The van der Waals surface area contributed by atoms with Crippen LogP contribution in [-0.2, 0) is 11.2 Å². The maximum atomic E-state index is 13.2. The van der Waals surface area contributed by atoms with Gasteiger partial charge in [-0.05, 0) is 31.0 Å². The summed E-state index contributed by atoms with van der Waals surface area (Å²) in [5, 5.41) is 8.86. The summed E-state index contributed by atoms with van der Waals surface area (Å²) in [6.45, 7) is 0. The van der Waals surface area contributed by atoms with E-state index < -0.39 is 17.6 Å². The molecule has 0 unspecified atom stereocenters. The summed E-state index contributed by atoms with van der Waals surface area (Å²) in [5.74, 6) is -2.08. The molecule has 0 aliphatic heterocycles. The van der Waals surface area contributed by atoms with Crippen LogP contribution in [0.15, 0.2) is 22.6 Å². The van der Waals surface area contributed by atoms with Crippen molar-refractivity contribution in [3.05, 3.63) is 41.3 Å². The molecule has 0 saturated heterocycles. The number of aromatic nitrogens is 1. The highest BCUT2D eigenvalue weighted by Crippen LogP contribution is 2.43. The van der Waals surface area contributed by atoms with Crippen molar-refractivity contribution in [2.24, 2.45) is 0 Å². The molecule has 1 heterocycles. The van der Waals surface area contributed by atoms with Gasteiger partial charge >= 0.3 is 5.97 Å². The van der Waals surface area contributed by atoms with Gasteiger partial charge in [0, 0.05) is 11.5 Å². The molecule has 0 atom stereocenters. The zero-order valence-electron chi connectivity index (χ0n) is 10.4. The highest BCUT2D eigenvalue weighted by atomic mass is 19.2. The van der Waals surface area contributed by atoms with Crippen LogP contribution in [0.5, 0.6) is 0 Å². The fourth-order valence-electron chi connectivity index (χ4n) is 2.05. The van der Waals surface area contributed by atoms with Gasteiger partial charge in [0.2, 0.25) is 5.89 Å². The molecule has 3 rings (SSSR count). The zero-order valence-corrected chi connectivity index (χ0v) is 10.4. The second-order valence-corrected chi connectivity index (χ2v) is 4.80. The summed E-state index contributed by atoms with van der Waals surface area (Å²) in [6.07, 6.45) is 1.62. The molecule has 1 aromatic heterocycles. The van der Waals surface area contributed by atoms with Gasteiger partial charge in [-0.2, -0.15) is 0 Å². The van der Waals surface area contributed by atoms with Gasteiger partial charge in [-0.1, -0.05) is 0 Å². The average Bonchev–Trinajstić information content (AvgIpc) is 3.14. The van der Waals surface area contributed by atoms with Crippen molar-refractivity contribution >= 4 is 5.97 Å². The van der Waals surface area contributed by atoms with Gasteiger partial charge in [0.1, 0.15) is 5.76 Å². The standard InChI is InChI=1S/C14H11F2NO3/c15-9-4-3-8(5-10(9)16)14-17-11(6-12(18)19)13(20-14)7-1-2-7/h3-5,7H,1-2,6H2,(H,18,19). The summed E-state index contributed by atoms with van der Waals surface area (Å²) in [7, 11) is 0. The molecule has 1 aromatic carbocycles. The molecule has 1 N–H and O–H groups in total. The Morgan fingerprint density at radius 3 is 2.70 bits per heavy atom. The van der Waals surface area contributed by atoms with Crippen LogP contribution in [-0.4, -0.2) is 16.1 Å². The van der Waals surface area contributed by atoms with Gasteiger partial charge in [-0.3, -0.25) is 4.79 Å². The van der Waals surface area contributed by atoms with E-state index in [1.807, 2.05) is 0 Å². The number of hydrogen-bond donors (Lipinski definition) is 1. The lowest BCUT2D eigenvalue weighted by molar-refractivity contribution is -0.136. The number of oxazole rings is 1. The third-order valence-corrected chi connectivity index (χ3v) is 3.16. The van der Waals surface area contributed by atoms with Gasteiger partial charge in [0.25, 0.3) is 0 Å². The normalized spacial score (nSPS) is 14.5. The predicted molar refractivity (Wildman–Crippen MR) is 65.2 cm³/mol. The van der Waals surface area contributed by atoms with Crippen LogP contribution < -0.4 is 0 Å². The number of nitrogens with zero attached hydrogens (tertiary/aromatic N) is 1. The lowest BCUT2D eigenvalue weighted by Crippen LogP contribution is -2.02. The topological polar surface area (TPSA) is 63.3 Å². The summed E-state index contributed by atoms with van der Waals surface area (Å²) in [4.78, 5) is 14.9. The fourth-order valence-corrected chi connectivity index (χ4v) is 2.05. The number of carboxylic acid groups (broad SMARTS) is 1. The number of aliphatic carboxylic acids is 1. The molecule has 0 spiro atoms. The van der Waals surface area contributed by atoms with Gasteiger partial charge in [-0.15, -0.1) is 0 Å². The molecule has 4 nitrogen and oxygen atoms in total. The SMILES string of the molecule is O=C(O)Cc1nc(-c2ccc(F)c(F)c2)oc1C1CC1. The number of carbonyl (C=O) groups is 1. The van der Waals surface area contributed by atoms with Gasteiger partial charge in [0.05, 0.1) is 12.1 Å². The lowest BCUT2D eigenvalue weighted by Gasteiger charge is -1.96. The van der Waals surface area contributed by atoms with Crippen LogP contribution in [0.2, 0.25) is 0 Å². The first-order valence-corrected chi connectivity index (χ1v) is 6.21. The van der Waals surface area contributed by atoms with Crippen molar-refractivity contribution < 1.29 is 23.1 Å². The first kappa shape index (κ1) is 12.8. The van der Waals surface area contributed by atoms with E-state index in [0.717, 1.165) is 25.0 Å². The number of halogens is 2. The van der Waals surface area contributed by atoms with E-state index in [9.17, 15) is 13.6 Å². The van der Waals surface area contributed by atoms with E-state index in [4.69, 9.17) is 9.52 Å². The Kier molecular flexibility index (Phi) is 3.00. The van der Waals surface area contributed by atoms with Crippen molar-refractivity contribution in [3.63, 3.8) is 0 Å². The Morgan fingerprint density at radius 1 is 1.35 bits per heavy atom. The van der Waals surface area contributed by atoms with Crippen LogP contribution in [0.1, 0.15) is 30.2 Å². The summed E-state index contributed by atoms with van der Waals surface area (Å²) >= 11 is 0. The molecule has 1 saturated carbocycles. The average molecular weight is 279 g/mol. The molecule has 0 bridgehead atoms. The summed E-state index contributed by atoms with van der Waals surface area (Å²) in [5.41, 5.74) is 0.655. The number of rotatable bonds is 4. The van der Waals surface area contributed by atoms with E-state index in [-0.39, 0.29) is 18.2 Å². The zero-order chi connectivity index (χ0) is 14.3. The summed E-state index contributed by atoms with van der Waals surface area (Å²) < 4.78 is 31.7. The minimum absolute atomic E-state index is 0.127. The Bertz CT molecular complexity index is 677. The minimum atomic E-state index is -1.00. The number of benzene rings is 1. The van der Waals surface area contributed by atoms with E-state index >= 15 is 0 Å². The Hall–Kier alpha value is -2.24. The van der Waals surface area contributed by atoms with E-state index in [1.54, 1.807) is 0 Å². The van der Waals surface area contributed by atoms with E-state index in [0.29, 0.717) is 17.0 Å². The minimum Gasteiger partial charge on any atom is -0.481 e.